The number of rotatable bonds is 0. The quantitative estimate of drug-likeness (QED) is 0.594. The van der Waals surface area contributed by atoms with Crippen LogP contribution in [0.5, 0.6) is 0 Å². The predicted octanol–water partition coefficient (Wildman–Crippen LogP) is 0.901. The van der Waals surface area contributed by atoms with E-state index in [0.29, 0.717) is 16.9 Å². The van der Waals surface area contributed by atoms with Crippen LogP contribution in [-0.2, 0) is 4.74 Å². The zero-order valence-corrected chi connectivity index (χ0v) is 7.43. The molecule has 1 N–H and O–H groups in total. The number of alkyl halides is 1. The van der Waals surface area contributed by atoms with E-state index in [1.807, 2.05) is 0 Å². The molecule has 0 radical (unpaired) electrons. The first kappa shape index (κ1) is 7.07. The van der Waals surface area contributed by atoms with Gasteiger partial charge in [-0.2, -0.15) is 0 Å². The molecular weight excluding hydrogens is 194 g/mol. The molecule has 0 aromatic heterocycles. The molecule has 2 aliphatic heterocycles. The lowest BCUT2D eigenvalue weighted by atomic mass is 9.98. The number of halogens is 1. The van der Waals surface area contributed by atoms with E-state index in [9.17, 15) is 0 Å². The van der Waals surface area contributed by atoms with Crippen molar-refractivity contribution in [3.05, 3.63) is 0 Å². The fourth-order valence-corrected chi connectivity index (χ4v) is 2.67. The van der Waals surface area contributed by atoms with Gasteiger partial charge < -0.3 is 10.1 Å². The van der Waals surface area contributed by atoms with Crippen LogP contribution >= 0.6 is 15.9 Å². The van der Waals surface area contributed by atoms with E-state index in [1.54, 1.807) is 0 Å². The van der Waals surface area contributed by atoms with Crippen LogP contribution in [0.15, 0.2) is 0 Å². The highest BCUT2D eigenvalue weighted by atomic mass is 79.9. The van der Waals surface area contributed by atoms with Gasteiger partial charge in [0.1, 0.15) is 0 Å². The Bertz CT molecular complexity index is 115. The van der Waals surface area contributed by atoms with Crippen molar-refractivity contribution in [1.29, 1.82) is 0 Å². The number of fused-ring (bicyclic) bond motifs is 2. The minimum atomic E-state index is 0.608. The van der Waals surface area contributed by atoms with Gasteiger partial charge in [-0.05, 0) is 12.8 Å². The molecule has 0 saturated carbocycles. The van der Waals surface area contributed by atoms with Crippen LogP contribution < -0.4 is 5.32 Å². The molecule has 0 aromatic rings. The number of ether oxygens (including phenoxy) is 1. The lowest BCUT2D eigenvalue weighted by molar-refractivity contribution is 0.0260. The summed E-state index contributed by atoms with van der Waals surface area (Å²) in [5, 5.41) is 3.53. The summed E-state index contributed by atoms with van der Waals surface area (Å²) in [5.41, 5.74) is 0. The van der Waals surface area contributed by atoms with Crippen LogP contribution in [0.2, 0.25) is 0 Å². The zero-order chi connectivity index (χ0) is 6.97. The largest absolute Gasteiger partial charge is 0.378 e. The maximum atomic E-state index is 5.40. The van der Waals surface area contributed by atoms with Gasteiger partial charge in [-0.3, -0.25) is 0 Å². The van der Waals surface area contributed by atoms with Gasteiger partial charge in [0.25, 0.3) is 0 Å². The summed E-state index contributed by atoms with van der Waals surface area (Å²) in [6.45, 7) is 1.80. The van der Waals surface area contributed by atoms with Crippen molar-refractivity contribution < 1.29 is 4.74 Å². The van der Waals surface area contributed by atoms with Gasteiger partial charge in [0.05, 0.1) is 13.2 Å². The molecule has 2 saturated heterocycles. The lowest BCUT2D eigenvalue weighted by Crippen LogP contribution is -2.54. The molecule has 2 unspecified atom stereocenters. The first-order valence-corrected chi connectivity index (χ1v) is 4.74. The van der Waals surface area contributed by atoms with Crippen LogP contribution in [0.4, 0.5) is 0 Å². The van der Waals surface area contributed by atoms with Gasteiger partial charge >= 0.3 is 0 Å². The third-order valence-electron chi connectivity index (χ3n) is 2.19. The zero-order valence-electron chi connectivity index (χ0n) is 5.85. The minimum Gasteiger partial charge on any atom is -0.378 e. The van der Waals surface area contributed by atoms with E-state index in [1.165, 1.54) is 12.8 Å². The SMILES string of the molecule is BrC1CC2COCC(C1)N2. The van der Waals surface area contributed by atoms with Crippen molar-refractivity contribution >= 4 is 15.9 Å². The summed E-state index contributed by atoms with van der Waals surface area (Å²) in [7, 11) is 0. The fourth-order valence-electron chi connectivity index (χ4n) is 1.77. The highest BCUT2D eigenvalue weighted by molar-refractivity contribution is 9.09. The lowest BCUT2D eigenvalue weighted by Gasteiger charge is -2.38. The average Bonchev–Trinajstić information content (AvgIpc) is 1.85. The standard InChI is InChI=1S/C7H12BrNO/c8-5-1-6-3-10-4-7(2-5)9-6/h5-7,9H,1-4H2. The summed E-state index contributed by atoms with van der Waals surface area (Å²) in [6.07, 6.45) is 2.44. The fraction of sp³-hybridized carbons (Fsp3) is 1.00. The molecule has 0 spiro atoms. The molecule has 2 rings (SSSR count). The molecule has 2 fully saturated rings. The predicted molar refractivity (Wildman–Crippen MR) is 43.5 cm³/mol. The average molecular weight is 206 g/mol. The second-order valence-corrected chi connectivity index (χ2v) is 4.46. The summed E-state index contributed by atoms with van der Waals surface area (Å²) in [6, 6.07) is 1.22. The summed E-state index contributed by atoms with van der Waals surface area (Å²) in [4.78, 5) is 0.715. The molecule has 2 heterocycles. The Kier molecular flexibility index (Phi) is 1.98. The smallest absolute Gasteiger partial charge is 0.0620 e. The van der Waals surface area contributed by atoms with Gasteiger partial charge in [-0.25, -0.2) is 0 Å². The number of hydrogen-bond acceptors (Lipinski definition) is 2. The van der Waals surface area contributed by atoms with Crippen LogP contribution in [0.1, 0.15) is 12.8 Å². The monoisotopic (exact) mass is 205 g/mol. The van der Waals surface area contributed by atoms with E-state index in [-0.39, 0.29) is 0 Å². The Morgan fingerprint density at radius 1 is 1.20 bits per heavy atom. The van der Waals surface area contributed by atoms with Gasteiger partial charge in [0.15, 0.2) is 0 Å². The van der Waals surface area contributed by atoms with Crippen molar-refractivity contribution in [2.45, 2.75) is 29.8 Å². The Morgan fingerprint density at radius 2 is 1.80 bits per heavy atom. The topological polar surface area (TPSA) is 21.3 Å². The molecule has 0 amide bonds. The summed E-state index contributed by atoms with van der Waals surface area (Å²) < 4.78 is 5.40. The molecule has 2 atom stereocenters. The van der Waals surface area contributed by atoms with Gasteiger partial charge in [0, 0.05) is 16.9 Å². The first-order valence-electron chi connectivity index (χ1n) is 3.82. The highest BCUT2D eigenvalue weighted by Gasteiger charge is 2.30. The van der Waals surface area contributed by atoms with Crippen LogP contribution in [0, 0.1) is 0 Å². The number of nitrogens with one attached hydrogen (secondary N) is 1. The third-order valence-corrected chi connectivity index (χ3v) is 2.94. The van der Waals surface area contributed by atoms with Crippen molar-refractivity contribution in [3.8, 4) is 0 Å². The molecule has 2 nitrogen and oxygen atoms in total. The van der Waals surface area contributed by atoms with Crippen molar-refractivity contribution in [2.75, 3.05) is 13.2 Å². The number of piperidine rings is 1. The third kappa shape index (κ3) is 1.36. The molecule has 2 aliphatic rings. The normalized spacial score (nSPS) is 47.1. The van der Waals surface area contributed by atoms with E-state index >= 15 is 0 Å². The Balaban J connectivity index is 1.98. The number of hydrogen-bond donors (Lipinski definition) is 1. The summed E-state index contributed by atoms with van der Waals surface area (Å²) >= 11 is 3.65. The van der Waals surface area contributed by atoms with Gasteiger partial charge in [-0.1, -0.05) is 15.9 Å². The minimum absolute atomic E-state index is 0.608. The Hall–Kier alpha value is 0.400. The first-order chi connectivity index (χ1) is 4.84. The van der Waals surface area contributed by atoms with Crippen LogP contribution in [0.3, 0.4) is 0 Å². The van der Waals surface area contributed by atoms with Crippen molar-refractivity contribution in [2.24, 2.45) is 0 Å². The van der Waals surface area contributed by atoms with E-state index in [0.717, 1.165) is 13.2 Å². The molecule has 58 valence electrons. The Morgan fingerprint density at radius 3 is 2.40 bits per heavy atom. The van der Waals surface area contributed by atoms with E-state index in [4.69, 9.17) is 4.74 Å². The number of morpholine rings is 1. The molecule has 10 heavy (non-hydrogen) atoms. The van der Waals surface area contributed by atoms with Crippen molar-refractivity contribution in [1.82, 2.24) is 5.32 Å². The second-order valence-electron chi connectivity index (χ2n) is 3.17. The Labute approximate surface area is 69.4 Å². The maximum absolute atomic E-state index is 5.40. The molecule has 0 aromatic carbocycles. The van der Waals surface area contributed by atoms with Crippen LogP contribution in [0.25, 0.3) is 0 Å². The summed E-state index contributed by atoms with van der Waals surface area (Å²) in [5.74, 6) is 0. The van der Waals surface area contributed by atoms with Gasteiger partial charge in [0.2, 0.25) is 0 Å². The molecular formula is C7H12BrNO. The molecule has 2 bridgehead atoms. The van der Waals surface area contributed by atoms with E-state index < -0.39 is 0 Å². The maximum Gasteiger partial charge on any atom is 0.0620 e. The van der Waals surface area contributed by atoms with Gasteiger partial charge in [-0.15, -0.1) is 0 Å². The van der Waals surface area contributed by atoms with Crippen molar-refractivity contribution in [3.63, 3.8) is 0 Å². The highest BCUT2D eigenvalue weighted by Crippen LogP contribution is 2.23. The van der Waals surface area contributed by atoms with Crippen LogP contribution in [-0.4, -0.2) is 30.1 Å². The van der Waals surface area contributed by atoms with E-state index in [2.05, 4.69) is 21.2 Å². The molecule has 0 aliphatic carbocycles. The second kappa shape index (κ2) is 2.80. The molecule has 3 heteroatoms.